The fraction of sp³-hybridized carbons (Fsp3) is 0.235. The number of benzene rings is 2. The summed E-state index contributed by atoms with van der Waals surface area (Å²) in [6.07, 6.45) is 0.824. The van der Waals surface area contributed by atoms with E-state index in [1.807, 2.05) is 24.3 Å². The summed E-state index contributed by atoms with van der Waals surface area (Å²) >= 11 is 3.40. The van der Waals surface area contributed by atoms with Gasteiger partial charge in [-0.3, -0.25) is 4.79 Å². The summed E-state index contributed by atoms with van der Waals surface area (Å²) in [6.45, 7) is 0. The van der Waals surface area contributed by atoms with Crippen molar-refractivity contribution in [3.63, 3.8) is 0 Å². The highest BCUT2D eigenvalue weighted by molar-refractivity contribution is 9.10. The zero-order valence-electron chi connectivity index (χ0n) is 12.8. The van der Waals surface area contributed by atoms with Gasteiger partial charge in [-0.15, -0.1) is 0 Å². The number of halogens is 1. The molecule has 3 rings (SSSR count). The standard InChI is InChI=1S/C17H17BrN2O3S/c18-13-6-4-12(5-7-13)15-9-16(15)17(21)20-14-3-1-2-11(8-14)10-24(19,22)23/h1-8,15-16H,9-10H2,(H,20,21)(H2,19,22,23). The lowest BCUT2D eigenvalue weighted by atomic mass is 10.1. The van der Waals surface area contributed by atoms with Gasteiger partial charge in [0, 0.05) is 16.1 Å². The lowest BCUT2D eigenvalue weighted by Crippen LogP contribution is -2.16. The zero-order valence-corrected chi connectivity index (χ0v) is 15.2. The predicted octanol–water partition coefficient (Wildman–Crippen LogP) is 2.98. The van der Waals surface area contributed by atoms with Gasteiger partial charge in [-0.05, 0) is 47.7 Å². The first-order valence-electron chi connectivity index (χ1n) is 7.47. The van der Waals surface area contributed by atoms with E-state index in [0.29, 0.717) is 11.3 Å². The number of nitrogens with one attached hydrogen (secondary N) is 1. The van der Waals surface area contributed by atoms with Crippen molar-refractivity contribution in [1.82, 2.24) is 0 Å². The van der Waals surface area contributed by atoms with E-state index in [4.69, 9.17) is 5.14 Å². The maximum atomic E-state index is 12.4. The summed E-state index contributed by atoms with van der Waals surface area (Å²) < 4.78 is 23.3. The molecule has 2 unspecified atom stereocenters. The summed E-state index contributed by atoms with van der Waals surface area (Å²) in [5.74, 6) is -0.101. The topological polar surface area (TPSA) is 89.3 Å². The molecule has 2 aromatic rings. The van der Waals surface area contributed by atoms with E-state index in [2.05, 4.69) is 21.2 Å². The van der Waals surface area contributed by atoms with Crippen LogP contribution in [0.4, 0.5) is 5.69 Å². The fourth-order valence-corrected chi connectivity index (χ4v) is 3.68. The Bertz CT molecular complexity index is 866. The number of hydrogen-bond acceptors (Lipinski definition) is 3. The molecule has 1 fully saturated rings. The van der Waals surface area contributed by atoms with Crippen LogP contribution in [0.5, 0.6) is 0 Å². The number of nitrogens with two attached hydrogens (primary N) is 1. The lowest BCUT2D eigenvalue weighted by Gasteiger charge is -2.07. The molecule has 1 saturated carbocycles. The van der Waals surface area contributed by atoms with Crippen LogP contribution in [-0.4, -0.2) is 14.3 Å². The van der Waals surface area contributed by atoms with Gasteiger partial charge in [-0.1, -0.05) is 40.2 Å². The van der Waals surface area contributed by atoms with Crippen molar-refractivity contribution in [2.24, 2.45) is 11.1 Å². The summed E-state index contributed by atoms with van der Waals surface area (Å²) in [6, 6.07) is 14.7. The monoisotopic (exact) mass is 408 g/mol. The van der Waals surface area contributed by atoms with Crippen LogP contribution < -0.4 is 10.5 Å². The average Bonchev–Trinajstić information content (AvgIpc) is 3.27. The summed E-state index contributed by atoms with van der Waals surface area (Å²) in [5.41, 5.74) is 2.29. The number of hydrogen-bond donors (Lipinski definition) is 2. The van der Waals surface area contributed by atoms with Crippen LogP contribution in [0.15, 0.2) is 53.0 Å². The maximum absolute atomic E-state index is 12.4. The molecule has 1 aliphatic rings. The number of primary sulfonamides is 1. The SMILES string of the molecule is NS(=O)(=O)Cc1cccc(NC(=O)C2CC2c2ccc(Br)cc2)c1. The third-order valence-electron chi connectivity index (χ3n) is 3.99. The van der Waals surface area contributed by atoms with E-state index in [1.165, 1.54) is 0 Å². The molecule has 2 atom stereocenters. The molecule has 24 heavy (non-hydrogen) atoms. The largest absolute Gasteiger partial charge is 0.326 e. The van der Waals surface area contributed by atoms with Crippen LogP contribution in [0.3, 0.4) is 0 Å². The minimum atomic E-state index is -3.59. The van der Waals surface area contributed by atoms with Crippen LogP contribution >= 0.6 is 15.9 Å². The average molecular weight is 409 g/mol. The highest BCUT2D eigenvalue weighted by atomic mass is 79.9. The first-order chi connectivity index (χ1) is 11.3. The summed E-state index contributed by atoms with van der Waals surface area (Å²) in [7, 11) is -3.59. The van der Waals surface area contributed by atoms with Gasteiger partial charge in [0.05, 0.1) is 5.75 Å². The molecular formula is C17H17BrN2O3S. The molecule has 0 radical (unpaired) electrons. The van der Waals surface area contributed by atoms with Crippen LogP contribution in [0.1, 0.15) is 23.5 Å². The molecule has 0 bridgehead atoms. The van der Waals surface area contributed by atoms with Crippen LogP contribution in [0.2, 0.25) is 0 Å². The normalized spacial score (nSPS) is 19.8. The highest BCUT2D eigenvalue weighted by Gasteiger charge is 2.43. The quantitative estimate of drug-likeness (QED) is 0.796. The molecule has 1 amide bonds. The molecule has 0 heterocycles. The number of anilines is 1. The Morgan fingerprint density at radius 2 is 1.92 bits per heavy atom. The van der Waals surface area contributed by atoms with Gasteiger partial charge in [-0.25, -0.2) is 13.6 Å². The number of sulfonamides is 1. The number of carbonyl (C=O) groups excluding carboxylic acids is 1. The molecule has 126 valence electrons. The Morgan fingerprint density at radius 1 is 1.21 bits per heavy atom. The van der Waals surface area contributed by atoms with E-state index in [1.54, 1.807) is 24.3 Å². The van der Waals surface area contributed by atoms with Gasteiger partial charge >= 0.3 is 0 Å². The number of amides is 1. The van der Waals surface area contributed by atoms with E-state index < -0.39 is 10.0 Å². The predicted molar refractivity (Wildman–Crippen MR) is 96.9 cm³/mol. The Morgan fingerprint density at radius 3 is 2.58 bits per heavy atom. The van der Waals surface area contributed by atoms with Crippen LogP contribution in [-0.2, 0) is 20.6 Å². The van der Waals surface area contributed by atoms with Gasteiger partial charge in [0.2, 0.25) is 15.9 Å². The van der Waals surface area contributed by atoms with Gasteiger partial charge in [-0.2, -0.15) is 0 Å². The Labute approximate surface area is 149 Å². The second kappa shape index (κ2) is 6.66. The summed E-state index contributed by atoms with van der Waals surface area (Å²) in [4.78, 5) is 12.4. The molecule has 3 N–H and O–H groups in total. The van der Waals surface area contributed by atoms with Crippen molar-refractivity contribution in [3.8, 4) is 0 Å². The molecular weight excluding hydrogens is 392 g/mol. The van der Waals surface area contributed by atoms with Crippen molar-refractivity contribution >= 4 is 37.5 Å². The van der Waals surface area contributed by atoms with E-state index in [-0.39, 0.29) is 23.5 Å². The van der Waals surface area contributed by atoms with Gasteiger partial charge < -0.3 is 5.32 Å². The first kappa shape index (κ1) is 17.1. The second-order valence-electron chi connectivity index (χ2n) is 6.00. The van der Waals surface area contributed by atoms with Gasteiger partial charge in [0.25, 0.3) is 0 Å². The lowest BCUT2D eigenvalue weighted by molar-refractivity contribution is -0.117. The molecule has 0 aromatic heterocycles. The molecule has 7 heteroatoms. The molecule has 0 saturated heterocycles. The molecule has 1 aliphatic carbocycles. The van der Waals surface area contributed by atoms with Crippen LogP contribution in [0.25, 0.3) is 0 Å². The van der Waals surface area contributed by atoms with Crippen molar-refractivity contribution < 1.29 is 13.2 Å². The zero-order chi connectivity index (χ0) is 17.3. The third kappa shape index (κ3) is 4.43. The third-order valence-corrected chi connectivity index (χ3v) is 5.25. The van der Waals surface area contributed by atoms with Crippen molar-refractivity contribution in [3.05, 3.63) is 64.1 Å². The van der Waals surface area contributed by atoms with Gasteiger partial charge in [0.1, 0.15) is 0 Å². The smallest absolute Gasteiger partial charge is 0.228 e. The maximum Gasteiger partial charge on any atom is 0.228 e. The minimum absolute atomic E-state index is 0.0457. The van der Waals surface area contributed by atoms with E-state index in [0.717, 1.165) is 16.5 Å². The van der Waals surface area contributed by atoms with Gasteiger partial charge in [0.15, 0.2) is 0 Å². The van der Waals surface area contributed by atoms with Crippen molar-refractivity contribution in [1.29, 1.82) is 0 Å². The number of rotatable bonds is 5. The molecule has 0 spiro atoms. The van der Waals surface area contributed by atoms with Crippen molar-refractivity contribution in [2.75, 3.05) is 5.32 Å². The Hall–Kier alpha value is -1.70. The first-order valence-corrected chi connectivity index (χ1v) is 9.98. The van der Waals surface area contributed by atoms with Crippen molar-refractivity contribution in [2.45, 2.75) is 18.1 Å². The number of carbonyl (C=O) groups is 1. The van der Waals surface area contributed by atoms with Crippen LogP contribution in [0, 0.1) is 5.92 Å². The molecule has 2 aromatic carbocycles. The molecule has 0 aliphatic heterocycles. The minimum Gasteiger partial charge on any atom is -0.326 e. The fourth-order valence-electron chi connectivity index (χ4n) is 2.77. The Kier molecular flexibility index (Phi) is 4.76. The molecule has 5 nitrogen and oxygen atoms in total. The van der Waals surface area contributed by atoms with E-state index >= 15 is 0 Å². The summed E-state index contributed by atoms with van der Waals surface area (Å²) in [5, 5.41) is 7.91. The second-order valence-corrected chi connectivity index (χ2v) is 8.53. The van der Waals surface area contributed by atoms with E-state index in [9.17, 15) is 13.2 Å². The Balaban J connectivity index is 1.64. The highest BCUT2D eigenvalue weighted by Crippen LogP contribution is 2.48.